The average molecular weight is 452 g/mol. The largest absolute Gasteiger partial charge is 0.382 e. The van der Waals surface area contributed by atoms with E-state index < -0.39 is 0 Å². The Morgan fingerprint density at radius 2 is 0.871 bits per heavy atom. The SMILES string of the molecule is C=C(C)C(=O)NCCOCCOCCOCCOCCOCCOCCOCCOC. The van der Waals surface area contributed by atoms with Gasteiger partial charge in [0.25, 0.3) is 0 Å². The van der Waals surface area contributed by atoms with Crippen LogP contribution in [0.25, 0.3) is 0 Å². The van der Waals surface area contributed by atoms with Crippen molar-refractivity contribution in [3.05, 3.63) is 12.2 Å². The molecule has 10 nitrogen and oxygen atoms in total. The van der Waals surface area contributed by atoms with Crippen LogP contribution in [0, 0.1) is 0 Å². The first-order chi connectivity index (χ1) is 15.2. The van der Waals surface area contributed by atoms with Crippen LogP contribution in [-0.4, -0.2) is 119 Å². The molecule has 0 heterocycles. The van der Waals surface area contributed by atoms with Crippen LogP contribution in [0.1, 0.15) is 6.92 Å². The average Bonchev–Trinajstić information content (AvgIpc) is 2.76. The van der Waals surface area contributed by atoms with Crippen molar-refractivity contribution in [1.82, 2.24) is 5.32 Å². The number of hydrogen-bond donors (Lipinski definition) is 1. The van der Waals surface area contributed by atoms with Crippen molar-refractivity contribution in [1.29, 1.82) is 0 Å². The molecule has 0 spiro atoms. The molecule has 0 atom stereocenters. The Balaban J connectivity index is 3.05. The maximum absolute atomic E-state index is 11.2. The molecular formula is C21H41NO9. The lowest BCUT2D eigenvalue weighted by atomic mass is 10.3. The van der Waals surface area contributed by atoms with Crippen LogP contribution in [-0.2, 0) is 42.7 Å². The van der Waals surface area contributed by atoms with Crippen LogP contribution in [0.3, 0.4) is 0 Å². The topological polar surface area (TPSA) is 103 Å². The second-order valence-electron chi connectivity index (χ2n) is 6.32. The van der Waals surface area contributed by atoms with Crippen molar-refractivity contribution in [3.63, 3.8) is 0 Å². The van der Waals surface area contributed by atoms with Crippen molar-refractivity contribution in [2.24, 2.45) is 0 Å². The summed E-state index contributed by atoms with van der Waals surface area (Å²) in [5.74, 6) is -0.158. The van der Waals surface area contributed by atoms with Gasteiger partial charge in [-0.3, -0.25) is 4.79 Å². The highest BCUT2D eigenvalue weighted by molar-refractivity contribution is 5.91. The fraction of sp³-hybridized carbons (Fsp3) is 0.857. The van der Waals surface area contributed by atoms with Crippen LogP contribution in [0.5, 0.6) is 0 Å². The molecule has 0 aromatic rings. The number of amides is 1. The Labute approximate surface area is 186 Å². The number of nitrogens with one attached hydrogen (secondary N) is 1. The monoisotopic (exact) mass is 451 g/mol. The van der Waals surface area contributed by atoms with Gasteiger partial charge in [0.1, 0.15) is 0 Å². The maximum atomic E-state index is 11.2. The summed E-state index contributed by atoms with van der Waals surface area (Å²) in [6, 6.07) is 0. The highest BCUT2D eigenvalue weighted by atomic mass is 16.6. The van der Waals surface area contributed by atoms with Gasteiger partial charge in [-0.25, -0.2) is 0 Å². The molecule has 0 aliphatic heterocycles. The molecule has 184 valence electrons. The first kappa shape index (κ1) is 29.9. The molecule has 0 aromatic heterocycles. The minimum Gasteiger partial charge on any atom is -0.382 e. The summed E-state index contributed by atoms with van der Waals surface area (Å²) in [6.45, 7) is 13.5. The lowest BCUT2D eigenvalue weighted by Crippen LogP contribution is -2.27. The standard InChI is InChI=1S/C21H41NO9/c1-20(2)21(23)22-4-5-25-8-9-27-12-13-29-16-17-31-19-18-30-15-14-28-11-10-26-7-6-24-3/h1,4-19H2,2-3H3,(H,22,23). The van der Waals surface area contributed by atoms with Gasteiger partial charge in [-0.05, 0) is 6.92 Å². The van der Waals surface area contributed by atoms with Gasteiger partial charge in [0, 0.05) is 19.2 Å². The Morgan fingerprint density at radius 3 is 1.16 bits per heavy atom. The minimum atomic E-state index is -0.158. The second-order valence-corrected chi connectivity index (χ2v) is 6.32. The van der Waals surface area contributed by atoms with Crippen LogP contribution < -0.4 is 5.32 Å². The predicted octanol–water partition coefficient (Wildman–Crippen LogP) is 0.441. The fourth-order valence-electron chi connectivity index (χ4n) is 1.95. The van der Waals surface area contributed by atoms with E-state index in [1.807, 2.05) is 0 Å². The molecule has 0 rings (SSSR count). The zero-order chi connectivity index (χ0) is 22.8. The fourth-order valence-corrected chi connectivity index (χ4v) is 1.95. The van der Waals surface area contributed by atoms with Crippen LogP contribution >= 0.6 is 0 Å². The van der Waals surface area contributed by atoms with Gasteiger partial charge in [-0.15, -0.1) is 0 Å². The van der Waals surface area contributed by atoms with Crippen LogP contribution in [0.2, 0.25) is 0 Å². The number of ether oxygens (including phenoxy) is 8. The molecular weight excluding hydrogens is 410 g/mol. The lowest BCUT2D eigenvalue weighted by Gasteiger charge is -2.08. The summed E-state index contributed by atoms with van der Waals surface area (Å²) in [5, 5.41) is 2.69. The zero-order valence-electron chi connectivity index (χ0n) is 19.2. The van der Waals surface area contributed by atoms with E-state index in [-0.39, 0.29) is 5.91 Å². The Bertz CT molecular complexity index is 410. The van der Waals surface area contributed by atoms with Crippen LogP contribution in [0.15, 0.2) is 12.2 Å². The molecule has 0 fully saturated rings. The van der Waals surface area contributed by atoms with Gasteiger partial charge in [0.2, 0.25) is 5.91 Å². The van der Waals surface area contributed by atoms with Crippen molar-refractivity contribution in [3.8, 4) is 0 Å². The van der Waals surface area contributed by atoms with Crippen LogP contribution in [0.4, 0.5) is 0 Å². The Kier molecular flexibility index (Phi) is 24.3. The summed E-state index contributed by atoms with van der Waals surface area (Å²) in [6.07, 6.45) is 0. The Hall–Kier alpha value is -1.11. The smallest absolute Gasteiger partial charge is 0.246 e. The van der Waals surface area contributed by atoms with E-state index in [0.29, 0.717) is 111 Å². The summed E-state index contributed by atoms with van der Waals surface area (Å²) < 4.78 is 42.5. The lowest BCUT2D eigenvalue weighted by molar-refractivity contribution is -0.117. The first-order valence-corrected chi connectivity index (χ1v) is 10.6. The number of methoxy groups -OCH3 is 1. The molecule has 10 heteroatoms. The molecule has 0 radical (unpaired) electrons. The Morgan fingerprint density at radius 1 is 0.581 bits per heavy atom. The third kappa shape index (κ3) is 25.0. The minimum absolute atomic E-state index is 0.158. The van der Waals surface area contributed by atoms with Gasteiger partial charge < -0.3 is 43.2 Å². The van der Waals surface area contributed by atoms with E-state index in [9.17, 15) is 4.79 Å². The predicted molar refractivity (Wildman–Crippen MR) is 115 cm³/mol. The summed E-state index contributed by atoms with van der Waals surface area (Å²) in [4.78, 5) is 11.2. The molecule has 0 bridgehead atoms. The second kappa shape index (κ2) is 25.2. The summed E-state index contributed by atoms with van der Waals surface area (Å²) in [7, 11) is 1.64. The number of hydrogen-bond acceptors (Lipinski definition) is 9. The number of carbonyl (C=O) groups is 1. The van der Waals surface area contributed by atoms with Crippen molar-refractivity contribution >= 4 is 5.91 Å². The van der Waals surface area contributed by atoms with Gasteiger partial charge >= 0.3 is 0 Å². The molecule has 1 amide bonds. The van der Waals surface area contributed by atoms with Crippen molar-refractivity contribution < 1.29 is 42.7 Å². The molecule has 0 aliphatic carbocycles. The quantitative estimate of drug-likeness (QED) is 0.156. The number of rotatable bonds is 25. The van der Waals surface area contributed by atoms with Gasteiger partial charge in [0.15, 0.2) is 0 Å². The molecule has 0 saturated heterocycles. The third-order valence-corrected chi connectivity index (χ3v) is 3.58. The molecule has 0 aliphatic rings. The summed E-state index contributed by atoms with van der Waals surface area (Å²) >= 11 is 0. The normalized spacial score (nSPS) is 11.0. The van der Waals surface area contributed by atoms with E-state index in [1.165, 1.54) is 0 Å². The van der Waals surface area contributed by atoms with Gasteiger partial charge in [-0.2, -0.15) is 0 Å². The number of carbonyl (C=O) groups excluding carboxylic acids is 1. The van der Waals surface area contributed by atoms with Gasteiger partial charge in [-0.1, -0.05) is 6.58 Å². The van der Waals surface area contributed by atoms with E-state index in [4.69, 9.17) is 37.9 Å². The zero-order valence-corrected chi connectivity index (χ0v) is 19.2. The van der Waals surface area contributed by atoms with Crippen molar-refractivity contribution in [2.75, 3.05) is 113 Å². The van der Waals surface area contributed by atoms with E-state index >= 15 is 0 Å². The van der Waals surface area contributed by atoms with E-state index in [0.717, 1.165) is 0 Å². The maximum Gasteiger partial charge on any atom is 0.246 e. The molecule has 0 unspecified atom stereocenters. The summed E-state index contributed by atoms with van der Waals surface area (Å²) in [5.41, 5.74) is 0.486. The van der Waals surface area contributed by atoms with E-state index in [1.54, 1.807) is 14.0 Å². The molecule has 31 heavy (non-hydrogen) atoms. The van der Waals surface area contributed by atoms with E-state index in [2.05, 4.69) is 11.9 Å². The molecule has 0 aromatic carbocycles. The molecule has 1 N–H and O–H groups in total. The van der Waals surface area contributed by atoms with Gasteiger partial charge in [0.05, 0.1) is 99.1 Å². The molecule has 0 saturated carbocycles. The highest BCUT2D eigenvalue weighted by Crippen LogP contribution is 1.86. The highest BCUT2D eigenvalue weighted by Gasteiger charge is 1.99. The van der Waals surface area contributed by atoms with Crippen molar-refractivity contribution in [2.45, 2.75) is 6.92 Å². The third-order valence-electron chi connectivity index (χ3n) is 3.58. The first-order valence-electron chi connectivity index (χ1n) is 10.6.